The molecule has 0 saturated carbocycles. The third-order valence-corrected chi connectivity index (χ3v) is 3.21. The molecule has 0 atom stereocenters. The molecule has 0 aliphatic rings. The van der Waals surface area contributed by atoms with Gasteiger partial charge >= 0.3 is 0 Å². The summed E-state index contributed by atoms with van der Waals surface area (Å²) >= 11 is 0. The minimum atomic E-state index is -0.161. The number of nitrogens with zero attached hydrogens (tertiary/aromatic N) is 3. The Kier molecular flexibility index (Phi) is 5.91. The fourth-order valence-corrected chi connectivity index (χ4v) is 2.07. The van der Waals surface area contributed by atoms with Gasteiger partial charge in [-0.05, 0) is 43.2 Å². The Hall–Kier alpha value is -2.63. The van der Waals surface area contributed by atoms with Crippen molar-refractivity contribution >= 4 is 17.8 Å². The van der Waals surface area contributed by atoms with E-state index in [1.165, 1.54) is 4.68 Å². The first-order valence-corrected chi connectivity index (χ1v) is 7.72. The SMILES string of the molecule is CCCNC(=O)c1c(N=Cc2ccc(OCC)cc2)cnn1C. The standard InChI is InChI=1S/C17H22N4O2/c1-4-10-18-17(22)16-15(12-20-21(16)3)19-11-13-6-8-14(9-7-13)23-5-2/h6-9,11-12H,4-5,10H2,1-3H3,(H,18,22). The molecule has 0 aliphatic heterocycles. The first kappa shape index (κ1) is 16.7. The number of nitrogens with one attached hydrogen (secondary N) is 1. The lowest BCUT2D eigenvalue weighted by molar-refractivity contribution is 0.0945. The van der Waals surface area contributed by atoms with Crippen molar-refractivity contribution in [1.82, 2.24) is 15.1 Å². The molecule has 1 aromatic carbocycles. The smallest absolute Gasteiger partial charge is 0.271 e. The summed E-state index contributed by atoms with van der Waals surface area (Å²) in [6.07, 6.45) is 4.18. The van der Waals surface area contributed by atoms with Gasteiger partial charge < -0.3 is 10.1 Å². The van der Waals surface area contributed by atoms with Crippen LogP contribution < -0.4 is 10.1 Å². The molecule has 2 rings (SSSR count). The Morgan fingerprint density at radius 2 is 2.09 bits per heavy atom. The summed E-state index contributed by atoms with van der Waals surface area (Å²) in [6, 6.07) is 7.62. The summed E-state index contributed by atoms with van der Waals surface area (Å²) < 4.78 is 6.94. The van der Waals surface area contributed by atoms with E-state index in [4.69, 9.17) is 4.74 Å². The van der Waals surface area contributed by atoms with E-state index in [1.54, 1.807) is 19.5 Å². The minimum Gasteiger partial charge on any atom is -0.494 e. The fourth-order valence-electron chi connectivity index (χ4n) is 2.07. The van der Waals surface area contributed by atoms with Crippen molar-refractivity contribution in [3.8, 4) is 5.75 Å². The van der Waals surface area contributed by atoms with Crippen LogP contribution in [0.1, 0.15) is 36.3 Å². The molecule has 6 heteroatoms. The van der Waals surface area contributed by atoms with E-state index >= 15 is 0 Å². The largest absolute Gasteiger partial charge is 0.494 e. The number of amides is 1. The monoisotopic (exact) mass is 314 g/mol. The molecule has 1 aromatic heterocycles. The second-order valence-electron chi connectivity index (χ2n) is 5.02. The lowest BCUT2D eigenvalue weighted by Crippen LogP contribution is -2.26. The Morgan fingerprint density at radius 3 is 2.74 bits per heavy atom. The Labute approximate surface area is 136 Å². The fraction of sp³-hybridized carbons (Fsp3) is 0.353. The average molecular weight is 314 g/mol. The van der Waals surface area contributed by atoms with Crippen LogP contribution in [-0.4, -0.2) is 35.1 Å². The second kappa shape index (κ2) is 8.12. The number of carbonyl (C=O) groups is 1. The molecule has 0 bridgehead atoms. The van der Waals surface area contributed by atoms with Crippen molar-refractivity contribution < 1.29 is 9.53 Å². The van der Waals surface area contributed by atoms with Gasteiger partial charge in [-0.15, -0.1) is 0 Å². The van der Waals surface area contributed by atoms with Gasteiger partial charge in [0.15, 0.2) is 5.69 Å². The number of aliphatic imine (C=N–C) groups is 1. The number of aromatic nitrogens is 2. The van der Waals surface area contributed by atoms with Gasteiger partial charge in [0.05, 0.1) is 12.8 Å². The highest BCUT2D eigenvalue weighted by Crippen LogP contribution is 2.18. The van der Waals surface area contributed by atoms with Gasteiger partial charge in [0, 0.05) is 19.8 Å². The van der Waals surface area contributed by atoms with E-state index in [2.05, 4.69) is 15.4 Å². The zero-order valence-corrected chi connectivity index (χ0v) is 13.7. The van der Waals surface area contributed by atoms with Crippen molar-refractivity contribution in [3.63, 3.8) is 0 Å². The minimum absolute atomic E-state index is 0.161. The third kappa shape index (κ3) is 4.42. The molecule has 1 N–H and O–H groups in total. The molecule has 1 heterocycles. The van der Waals surface area contributed by atoms with Crippen molar-refractivity contribution in [2.24, 2.45) is 12.0 Å². The molecule has 0 unspecified atom stereocenters. The molecular formula is C17H22N4O2. The van der Waals surface area contributed by atoms with Crippen molar-refractivity contribution in [2.75, 3.05) is 13.2 Å². The predicted octanol–water partition coefficient (Wildman–Crippen LogP) is 2.71. The molecule has 0 fully saturated rings. The number of hydrogen-bond donors (Lipinski definition) is 1. The maximum Gasteiger partial charge on any atom is 0.271 e. The molecule has 0 saturated heterocycles. The quantitative estimate of drug-likeness (QED) is 0.799. The zero-order chi connectivity index (χ0) is 16.7. The van der Waals surface area contributed by atoms with Gasteiger partial charge in [-0.2, -0.15) is 5.10 Å². The first-order valence-electron chi connectivity index (χ1n) is 7.72. The van der Waals surface area contributed by atoms with Crippen LogP contribution in [0.5, 0.6) is 5.75 Å². The van der Waals surface area contributed by atoms with Gasteiger partial charge in [-0.1, -0.05) is 6.92 Å². The highest BCUT2D eigenvalue weighted by molar-refractivity contribution is 5.98. The van der Waals surface area contributed by atoms with Crippen LogP contribution in [0.3, 0.4) is 0 Å². The third-order valence-electron chi connectivity index (χ3n) is 3.21. The van der Waals surface area contributed by atoms with Crippen LogP contribution in [0, 0.1) is 0 Å². The number of carbonyl (C=O) groups excluding carboxylic acids is 1. The summed E-state index contributed by atoms with van der Waals surface area (Å²) in [5, 5.41) is 6.96. The number of rotatable bonds is 7. The van der Waals surface area contributed by atoms with E-state index in [-0.39, 0.29) is 5.91 Å². The van der Waals surface area contributed by atoms with Gasteiger partial charge in [0.25, 0.3) is 5.91 Å². The van der Waals surface area contributed by atoms with E-state index in [0.717, 1.165) is 17.7 Å². The summed E-state index contributed by atoms with van der Waals surface area (Å²) in [4.78, 5) is 16.6. The van der Waals surface area contributed by atoms with E-state index in [9.17, 15) is 4.79 Å². The Balaban J connectivity index is 2.14. The van der Waals surface area contributed by atoms with Crippen LogP contribution in [0.2, 0.25) is 0 Å². The maximum absolute atomic E-state index is 12.2. The van der Waals surface area contributed by atoms with Gasteiger partial charge in [-0.25, -0.2) is 0 Å². The molecule has 122 valence electrons. The van der Waals surface area contributed by atoms with Crippen molar-refractivity contribution in [2.45, 2.75) is 20.3 Å². The second-order valence-corrected chi connectivity index (χ2v) is 5.02. The molecule has 23 heavy (non-hydrogen) atoms. The lowest BCUT2D eigenvalue weighted by atomic mass is 10.2. The summed E-state index contributed by atoms with van der Waals surface area (Å²) in [6.45, 7) is 5.23. The molecule has 0 radical (unpaired) electrons. The Bertz CT molecular complexity index is 674. The van der Waals surface area contributed by atoms with Gasteiger partial charge in [0.1, 0.15) is 11.4 Å². The molecule has 2 aromatic rings. The first-order chi connectivity index (χ1) is 11.2. The summed E-state index contributed by atoms with van der Waals surface area (Å²) in [5.41, 5.74) is 1.94. The maximum atomic E-state index is 12.2. The summed E-state index contributed by atoms with van der Waals surface area (Å²) in [5.74, 6) is 0.663. The van der Waals surface area contributed by atoms with Crippen LogP contribution in [-0.2, 0) is 7.05 Å². The molecule has 0 spiro atoms. The highest BCUT2D eigenvalue weighted by Gasteiger charge is 2.15. The molecule has 0 aliphatic carbocycles. The molecule has 1 amide bonds. The number of aryl methyl sites for hydroxylation is 1. The van der Waals surface area contributed by atoms with Gasteiger partial charge in [0.2, 0.25) is 0 Å². The zero-order valence-electron chi connectivity index (χ0n) is 13.7. The van der Waals surface area contributed by atoms with Crippen LogP contribution in [0.15, 0.2) is 35.5 Å². The number of ether oxygens (including phenoxy) is 1. The molecular weight excluding hydrogens is 292 g/mol. The van der Waals surface area contributed by atoms with Gasteiger partial charge in [-0.3, -0.25) is 14.5 Å². The molecule has 6 nitrogen and oxygen atoms in total. The van der Waals surface area contributed by atoms with Crippen LogP contribution in [0.4, 0.5) is 5.69 Å². The number of hydrogen-bond acceptors (Lipinski definition) is 4. The van der Waals surface area contributed by atoms with E-state index in [0.29, 0.717) is 24.5 Å². The number of benzene rings is 1. The van der Waals surface area contributed by atoms with Crippen molar-refractivity contribution in [3.05, 3.63) is 41.7 Å². The van der Waals surface area contributed by atoms with Crippen LogP contribution in [0.25, 0.3) is 0 Å². The predicted molar refractivity (Wildman–Crippen MR) is 90.7 cm³/mol. The van der Waals surface area contributed by atoms with E-state index < -0.39 is 0 Å². The van der Waals surface area contributed by atoms with Crippen LogP contribution >= 0.6 is 0 Å². The highest BCUT2D eigenvalue weighted by atomic mass is 16.5. The topological polar surface area (TPSA) is 68.5 Å². The van der Waals surface area contributed by atoms with E-state index in [1.807, 2.05) is 38.1 Å². The Morgan fingerprint density at radius 1 is 1.35 bits per heavy atom. The summed E-state index contributed by atoms with van der Waals surface area (Å²) in [7, 11) is 1.73. The normalized spacial score (nSPS) is 10.9. The average Bonchev–Trinajstić information content (AvgIpc) is 2.93. The van der Waals surface area contributed by atoms with Crippen molar-refractivity contribution in [1.29, 1.82) is 0 Å². The lowest BCUT2D eigenvalue weighted by Gasteiger charge is -2.04.